The Kier molecular flexibility index (Phi) is 4.81. The maximum atomic E-state index is 11.6. The van der Waals surface area contributed by atoms with Gasteiger partial charge in [0.2, 0.25) is 0 Å². The molecule has 0 aliphatic heterocycles. The molecule has 1 aromatic heterocycles. The predicted molar refractivity (Wildman–Crippen MR) is 81.5 cm³/mol. The number of hydrogen-bond donors (Lipinski definition) is 0. The van der Waals surface area contributed by atoms with E-state index in [-0.39, 0.29) is 22.3 Å². The summed E-state index contributed by atoms with van der Waals surface area (Å²) in [7, 11) is 1.47. The van der Waals surface area contributed by atoms with Gasteiger partial charge < -0.3 is 4.74 Å². The monoisotopic (exact) mass is 348 g/mol. The lowest BCUT2D eigenvalue weighted by Crippen LogP contribution is -2.07. The van der Waals surface area contributed by atoms with E-state index in [0.717, 1.165) is 11.4 Å². The third-order valence-electron chi connectivity index (χ3n) is 2.83. The minimum atomic E-state index is -3.93. The van der Waals surface area contributed by atoms with Gasteiger partial charge in [-0.2, -0.15) is 5.10 Å². The summed E-state index contributed by atoms with van der Waals surface area (Å²) in [6.45, 7) is 4.74. The molecule has 114 valence electrons. The van der Waals surface area contributed by atoms with E-state index in [1.165, 1.54) is 12.1 Å². The largest absolute Gasteiger partial charge is 0.486 e. The average molecular weight is 349 g/mol. The summed E-state index contributed by atoms with van der Waals surface area (Å²) in [6.07, 6.45) is 0. The van der Waals surface area contributed by atoms with Gasteiger partial charge >= 0.3 is 0 Å². The second-order valence-corrected chi connectivity index (χ2v) is 7.38. The van der Waals surface area contributed by atoms with Crippen molar-refractivity contribution in [2.45, 2.75) is 31.9 Å². The molecule has 2 rings (SSSR count). The summed E-state index contributed by atoms with van der Waals surface area (Å²) in [5, 5.41) is 4.57. The van der Waals surface area contributed by atoms with E-state index >= 15 is 0 Å². The maximum absolute atomic E-state index is 11.6. The van der Waals surface area contributed by atoms with Crippen LogP contribution >= 0.6 is 22.3 Å². The molecule has 5 nitrogen and oxygen atoms in total. The summed E-state index contributed by atoms with van der Waals surface area (Å²) >= 11 is 5.80. The third-order valence-corrected chi connectivity index (χ3v) is 4.41. The highest BCUT2D eigenvalue weighted by Crippen LogP contribution is 2.30. The van der Waals surface area contributed by atoms with Crippen LogP contribution in [0.3, 0.4) is 0 Å². The van der Waals surface area contributed by atoms with Crippen molar-refractivity contribution in [1.82, 2.24) is 9.78 Å². The highest BCUT2D eigenvalue weighted by molar-refractivity contribution is 8.13. The van der Waals surface area contributed by atoms with E-state index < -0.39 is 9.05 Å². The van der Waals surface area contributed by atoms with E-state index in [1.54, 1.807) is 10.7 Å². The van der Waals surface area contributed by atoms with Crippen LogP contribution in [0, 0.1) is 6.92 Å². The molecule has 0 atom stereocenters. The number of aromatic nitrogens is 2. The molecule has 0 spiro atoms. The third kappa shape index (κ3) is 3.90. The normalized spacial score (nSPS) is 11.6. The quantitative estimate of drug-likeness (QED) is 0.777. The Morgan fingerprint density at radius 2 is 2.05 bits per heavy atom. The van der Waals surface area contributed by atoms with Gasteiger partial charge in [0.15, 0.2) is 0 Å². The number of nitrogens with zero attached hydrogens (tertiary/aromatic N) is 2. The predicted octanol–water partition coefficient (Wildman–Crippen LogP) is 3.37. The molecule has 1 heterocycles. The van der Waals surface area contributed by atoms with E-state index in [0.29, 0.717) is 6.54 Å². The molecule has 0 aliphatic carbocycles. The second-order valence-electron chi connectivity index (χ2n) is 4.41. The number of hydrogen-bond acceptors (Lipinski definition) is 4. The van der Waals surface area contributed by atoms with Gasteiger partial charge in [-0.1, -0.05) is 11.6 Å². The highest BCUT2D eigenvalue weighted by Gasteiger charge is 2.18. The minimum absolute atomic E-state index is 0.143. The molecule has 0 saturated heterocycles. The van der Waals surface area contributed by atoms with Gasteiger partial charge in [-0.05, 0) is 38.1 Å². The number of halogens is 2. The van der Waals surface area contributed by atoms with Crippen LogP contribution in [0.5, 0.6) is 5.75 Å². The first-order valence-electron chi connectivity index (χ1n) is 6.21. The lowest BCUT2D eigenvalue weighted by molar-refractivity contribution is 0.285. The summed E-state index contributed by atoms with van der Waals surface area (Å²) in [5.41, 5.74) is 1.72. The fourth-order valence-corrected chi connectivity index (χ4v) is 3.17. The fraction of sp³-hybridized carbons (Fsp3) is 0.308. The van der Waals surface area contributed by atoms with Crippen LogP contribution in [0.4, 0.5) is 0 Å². The molecule has 0 fully saturated rings. The lowest BCUT2D eigenvalue weighted by Gasteiger charge is -2.10. The Morgan fingerprint density at radius 3 is 2.67 bits per heavy atom. The molecule has 0 bridgehead atoms. The second kappa shape index (κ2) is 6.25. The molecule has 0 unspecified atom stereocenters. The van der Waals surface area contributed by atoms with Crippen LogP contribution in [0.2, 0.25) is 5.02 Å². The van der Waals surface area contributed by atoms with Gasteiger partial charge in [0, 0.05) is 22.2 Å². The zero-order valence-electron chi connectivity index (χ0n) is 11.5. The molecule has 21 heavy (non-hydrogen) atoms. The summed E-state index contributed by atoms with van der Waals surface area (Å²) < 4.78 is 30.5. The van der Waals surface area contributed by atoms with Gasteiger partial charge in [-0.15, -0.1) is 0 Å². The molecule has 0 radical (unpaired) electrons. The number of benzene rings is 1. The van der Waals surface area contributed by atoms with Gasteiger partial charge in [-0.25, -0.2) is 8.42 Å². The first-order chi connectivity index (χ1) is 9.81. The topological polar surface area (TPSA) is 61.2 Å². The van der Waals surface area contributed by atoms with Crippen molar-refractivity contribution in [3.05, 3.63) is 40.7 Å². The lowest BCUT2D eigenvalue weighted by atomic mass is 10.3. The summed E-state index contributed by atoms with van der Waals surface area (Å²) in [5.74, 6) is 0.163. The van der Waals surface area contributed by atoms with Crippen molar-refractivity contribution < 1.29 is 13.2 Å². The van der Waals surface area contributed by atoms with Crippen LogP contribution < -0.4 is 4.74 Å². The molecule has 0 N–H and O–H groups in total. The number of ether oxygens (including phenoxy) is 1. The van der Waals surface area contributed by atoms with Gasteiger partial charge in [0.05, 0.1) is 11.4 Å². The maximum Gasteiger partial charge on any atom is 0.265 e. The van der Waals surface area contributed by atoms with E-state index in [2.05, 4.69) is 5.10 Å². The van der Waals surface area contributed by atoms with Crippen molar-refractivity contribution in [2.24, 2.45) is 0 Å². The van der Waals surface area contributed by atoms with Crippen LogP contribution in [0.1, 0.15) is 18.3 Å². The van der Waals surface area contributed by atoms with Crippen molar-refractivity contribution in [2.75, 3.05) is 0 Å². The molecule has 0 aliphatic rings. The Morgan fingerprint density at radius 1 is 1.33 bits per heavy atom. The molecule has 2 aromatic rings. The standard InChI is InChI=1S/C13H14Cl2N2O3S/c1-3-17-11(6-9(2)16-17)8-20-12-5-4-10(14)7-13(12)21(15,18)19/h4-7H,3,8H2,1-2H3. The fourth-order valence-electron chi connectivity index (χ4n) is 1.93. The van der Waals surface area contributed by atoms with Crippen LogP contribution in [0.15, 0.2) is 29.2 Å². The smallest absolute Gasteiger partial charge is 0.265 e. The Labute approximate surface area is 132 Å². The van der Waals surface area contributed by atoms with Crippen LogP contribution in [-0.4, -0.2) is 18.2 Å². The Hall–Kier alpha value is -1.24. The van der Waals surface area contributed by atoms with Crippen molar-refractivity contribution in [1.29, 1.82) is 0 Å². The van der Waals surface area contributed by atoms with Crippen molar-refractivity contribution in [3.63, 3.8) is 0 Å². The Balaban J connectivity index is 2.28. The SMILES string of the molecule is CCn1nc(C)cc1COc1ccc(Cl)cc1S(=O)(=O)Cl. The van der Waals surface area contributed by atoms with Crippen LogP contribution in [0.25, 0.3) is 0 Å². The minimum Gasteiger partial charge on any atom is -0.486 e. The number of aryl methyl sites for hydroxylation is 2. The number of rotatable bonds is 5. The molecule has 0 saturated carbocycles. The molecular formula is C13H14Cl2N2O3S. The molecule has 0 amide bonds. The zero-order valence-corrected chi connectivity index (χ0v) is 13.8. The van der Waals surface area contributed by atoms with Crippen LogP contribution in [-0.2, 0) is 22.2 Å². The first kappa shape index (κ1) is 16.1. The van der Waals surface area contributed by atoms with Gasteiger partial charge in [-0.3, -0.25) is 4.68 Å². The van der Waals surface area contributed by atoms with E-state index in [4.69, 9.17) is 27.0 Å². The molecular weight excluding hydrogens is 335 g/mol. The van der Waals surface area contributed by atoms with Crippen molar-refractivity contribution >= 4 is 31.3 Å². The molecule has 1 aromatic carbocycles. The zero-order chi connectivity index (χ0) is 15.6. The first-order valence-corrected chi connectivity index (χ1v) is 8.90. The summed E-state index contributed by atoms with van der Waals surface area (Å²) in [6, 6.07) is 6.18. The van der Waals surface area contributed by atoms with Gasteiger partial charge in [0.25, 0.3) is 9.05 Å². The van der Waals surface area contributed by atoms with E-state index in [1.807, 2.05) is 19.9 Å². The summed E-state index contributed by atoms with van der Waals surface area (Å²) in [4.78, 5) is -0.143. The molecule has 8 heteroatoms. The Bertz CT molecular complexity index is 757. The van der Waals surface area contributed by atoms with Crippen molar-refractivity contribution in [3.8, 4) is 5.75 Å². The van der Waals surface area contributed by atoms with Gasteiger partial charge in [0.1, 0.15) is 17.3 Å². The van der Waals surface area contributed by atoms with E-state index in [9.17, 15) is 8.42 Å². The highest BCUT2D eigenvalue weighted by atomic mass is 35.7. The average Bonchev–Trinajstić information content (AvgIpc) is 2.76.